The maximum Gasteiger partial charge on any atom is 0.0956 e. The van der Waals surface area contributed by atoms with Crippen molar-refractivity contribution in [3.63, 3.8) is 0 Å². The molecule has 0 amide bonds. The van der Waals surface area contributed by atoms with Gasteiger partial charge in [-0.3, -0.25) is 0 Å². The minimum absolute atomic E-state index is 0.276. The fraction of sp³-hybridized carbons (Fsp3) is 0.400. The summed E-state index contributed by atoms with van der Waals surface area (Å²) >= 11 is 0. The highest BCUT2D eigenvalue weighted by Crippen LogP contribution is 2.29. The molecule has 1 aromatic heterocycles. The van der Waals surface area contributed by atoms with Gasteiger partial charge in [-0.05, 0) is 38.3 Å². The molecular weight excluding hydrogens is 222 g/mol. The van der Waals surface area contributed by atoms with Crippen LogP contribution in [-0.2, 0) is 13.0 Å². The number of nitrogens with two attached hydrogens (primary N) is 1. The molecule has 94 valence electrons. The van der Waals surface area contributed by atoms with Crippen LogP contribution in [0.1, 0.15) is 23.2 Å². The van der Waals surface area contributed by atoms with Crippen molar-refractivity contribution in [2.75, 3.05) is 0 Å². The highest BCUT2D eigenvalue weighted by Gasteiger charge is 2.20. The molecule has 3 heteroatoms. The first-order chi connectivity index (χ1) is 8.65. The molecule has 3 nitrogen and oxygen atoms in total. The molecule has 1 aliphatic heterocycles. The smallest absolute Gasteiger partial charge is 0.0956 e. The zero-order valence-corrected chi connectivity index (χ0v) is 11.0. The lowest BCUT2D eigenvalue weighted by Crippen LogP contribution is -2.31. The molecule has 1 unspecified atom stereocenters. The zero-order chi connectivity index (χ0) is 12.7. The van der Waals surface area contributed by atoms with Crippen LogP contribution in [0.3, 0.4) is 0 Å². The van der Waals surface area contributed by atoms with E-state index in [2.05, 4.69) is 41.6 Å². The SMILES string of the molecule is Cc1ccc(C)c(-c2ncn3c2CCC(N)C3)c1. The van der Waals surface area contributed by atoms with E-state index in [1.165, 1.54) is 22.4 Å². The van der Waals surface area contributed by atoms with Gasteiger partial charge >= 0.3 is 0 Å². The lowest BCUT2D eigenvalue weighted by atomic mass is 9.97. The fourth-order valence-corrected chi connectivity index (χ4v) is 2.71. The second-order valence-electron chi connectivity index (χ2n) is 5.31. The number of imidazole rings is 1. The number of rotatable bonds is 1. The summed E-state index contributed by atoms with van der Waals surface area (Å²) in [5.41, 5.74) is 12.3. The number of fused-ring (bicyclic) bond motifs is 1. The second kappa shape index (κ2) is 4.25. The molecule has 1 aromatic carbocycles. The molecule has 0 spiro atoms. The Bertz CT molecular complexity index is 583. The largest absolute Gasteiger partial charge is 0.332 e. The Labute approximate surface area is 108 Å². The van der Waals surface area contributed by atoms with Gasteiger partial charge in [-0.25, -0.2) is 4.98 Å². The van der Waals surface area contributed by atoms with Gasteiger partial charge in [0.25, 0.3) is 0 Å². The average Bonchev–Trinajstić information content (AvgIpc) is 2.75. The standard InChI is InChI=1S/C15H19N3/c1-10-3-4-11(2)13(7-10)15-14-6-5-12(16)8-18(14)9-17-15/h3-4,7,9,12H,5-6,8,16H2,1-2H3. The molecule has 0 fully saturated rings. The second-order valence-corrected chi connectivity index (χ2v) is 5.31. The van der Waals surface area contributed by atoms with E-state index in [1.54, 1.807) is 0 Å². The van der Waals surface area contributed by atoms with Crippen LogP contribution in [0.25, 0.3) is 11.3 Å². The van der Waals surface area contributed by atoms with Crippen molar-refractivity contribution in [2.45, 2.75) is 39.3 Å². The predicted molar refractivity (Wildman–Crippen MR) is 73.4 cm³/mol. The molecule has 3 rings (SSSR count). The Morgan fingerprint density at radius 2 is 2.17 bits per heavy atom. The Hall–Kier alpha value is -1.61. The summed E-state index contributed by atoms with van der Waals surface area (Å²) in [4.78, 5) is 4.61. The number of aryl methyl sites for hydroxylation is 2. The summed E-state index contributed by atoms with van der Waals surface area (Å²) in [7, 11) is 0. The zero-order valence-electron chi connectivity index (χ0n) is 11.0. The van der Waals surface area contributed by atoms with Crippen LogP contribution in [0.15, 0.2) is 24.5 Å². The molecule has 0 bridgehead atoms. The summed E-state index contributed by atoms with van der Waals surface area (Å²) in [5, 5.41) is 0. The number of nitrogens with zero attached hydrogens (tertiary/aromatic N) is 2. The van der Waals surface area contributed by atoms with Crippen molar-refractivity contribution in [3.8, 4) is 11.3 Å². The van der Waals surface area contributed by atoms with Crippen LogP contribution in [-0.4, -0.2) is 15.6 Å². The third-order valence-electron chi connectivity index (χ3n) is 3.78. The molecule has 0 aliphatic carbocycles. The third kappa shape index (κ3) is 1.85. The number of hydrogen-bond donors (Lipinski definition) is 1. The summed E-state index contributed by atoms with van der Waals surface area (Å²) in [5.74, 6) is 0. The lowest BCUT2D eigenvalue weighted by Gasteiger charge is -2.21. The fourth-order valence-electron chi connectivity index (χ4n) is 2.71. The maximum absolute atomic E-state index is 6.00. The summed E-state index contributed by atoms with van der Waals surface area (Å²) < 4.78 is 2.21. The Morgan fingerprint density at radius 1 is 1.33 bits per heavy atom. The molecule has 0 saturated heterocycles. The van der Waals surface area contributed by atoms with Crippen molar-refractivity contribution >= 4 is 0 Å². The monoisotopic (exact) mass is 241 g/mol. The van der Waals surface area contributed by atoms with E-state index in [4.69, 9.17) is 5.73 Å². The molecule has 2 aromatic rings. The maximum atomic E-state index is 6.00. The van der Waals surface area contributed by atoms with Gasteiger partial charge in [-0.2, -0.15) is 0 Å². The first-order valence-electron chi connectivity index (χ1n) is 6.52. The first kappa shape index (κ1) is 11.5. The van der Waals surface area contributed by atoms with E-state index < -0.39 is 0 Å². The van der Waals surface area contributed by atoms with Gasteiger partial charge in [0.05, 0.1) is 12.0 Å². The molecule has 18 heavy (non-hydrogen) atoms. The van der Waals surface area contributed by atoms with Gasteiger partial charge in [-0.15, -0.1) is 0 Å². The normalized spacial score (nSPS) is 18.7. The van der Waals surface area contributed by atoms with Gasteiger partial charge in [0.2, 0.25) is 0 Å². The molecule has 2 heterocycles. The van der Waals surface area contributed by atoms with E-state index in [1.807, 2.05) is 6.33 Å². The first-order valence-corrected chi connectivity index (χ1v) is 6.52. The van der Waals surface area contributed by atoms with Gasteiger partial charge in [0.1, 0.15) is 0 Å². The Kier molecular flexibility index (Phi) is 2.71. The van der Waals surface area contributed by atoms with Crippen LogP contribution < -0.4 is 5.73 Å². The minimum Gasteiger partial charge on any atom is -0.332 e. The highest BCUT2D eigenvalue weighted by atomic mass is 15.1. The molecule has 2 N–H and O–H groups in total. The highest BCUT2D eigenvalue weighted by molar-refractivity contribution is 5.67. The molecular formula is C15H19N3. The van der Waals surface area contributed by atoms with Gasteiger partial charge in [-0.1, -0.05) is 17.7 Å². The van der Waals surface area contributed by atoms with Gasteiger partial charge < -0.3 is 10.3 Å². The number of aromatic nitrogens is 2. The van der Waals surface area contributed by atoms with Gasteiger partial charge in [0, 0.05) is 23.8 Å². The average molecular weight is 241 g/mol. The number of hydrogen-bond acceptors (Lipinski definition) is 2. The third-order valence-corrected chi connectivity index (χ3v) is 3.78. The van der Waals surface area contributed by atoms with E-state index in [0.717, 1.165) is 25.1 Å². The van der Waals surface area contributed by atoms with Crippen LogP contribution >= 0.6 is 0 Å². The summed E-state index contributed by atoms with van der Waals surface area (Å²) in [6.07, 6.45) is 4.03. The molecule has 0 saturated carbocycles. The van der Waals surface area contributed by atoms with E-state index in [9.17, 15) is 0 Å². The van der Waals surface area contributed by atoms with E-state index in [-0.39, 0.29) is 6.04 Å². The van der Waals surface area contributed by atoms with Crippen molar-refractivity contribution in [3.05, 3.63) is 41.3 Å². The van der Waals surface area contributed by atoms with E-state index >= 15 is 0 Å². The molecule has 1 atom stereocenters. The van der Waals surface area contributed by atoms with Gasteiger partial charge in [0.15, 0.2) is 0 Å². The minimum atomic E-state index is 0.276. The van der Waals surface area contributed by atoms with Crippen molar-refractivity contribution in [2.24, 2.45) is 5.73 Å². The Morgan fingerprint density at radius 3 is 3.00 bits per heavy atom. The van der Waals surface area contributed by atoms with E-state index in [0.29, 0.717) is 0 Å². The van der Waals surface area contributed by atoms with Crippen LogP contribution in [0.5, 0.6) is 0 Å². The number of benzene rings is 1. The van der Waals surface area contributed by atoms with Crippen molar-refractivity contribution in [1.29, 1.82) is 0 Å². The van der Waals surface area contributed by atoms with Crippen LogP contribution in [0.2, 0.25) is 0 Å². The van der Waals surface area contributed by atoms with Crippen LogP contribution in [0.4, 0.5) is 0 Å². The molecule has 1 aliphatic rings. The topological polar surface area (TPSA) is 43.8 Å². The van der Waals surface area contributed by atoms with Crippen molar-refractivity contribution < 1.29 is 0 Å². The summed E-state index contributed by atoms with van der Waals surface area (Å²) in [6.45, 7) is 5.17. The van der Waals surface area contributed by atoms with Crippen LogP contribution in [0, 0.1) is 13.8 Å². The molecule has 0 radical (unpaired) electrons. The quantitative estimate of drug-likeness (QED) is 0.833. The summed E-state index contributed by atoms with van der Waals surface area (Å²) in [6, 6.07) is 6.83. The van der Waals surface area contributed by atoms with Crippen molar-refractivity contribution in [1.82, 2.24) is 9.55 Å². The predicted octanol–water partition coefficient (Wildman–Crippen LogP) is 2.44. The Balaban J connectivity index is 2.10. The lowest BCUT2D eigenvalue weighted by molar-refractivity contribution is 0.461.